The van der Waals surface area contributed by atoms with Crippen molar-refractivity contribution in [3.63, 3.8) is 0 Å². The van der Waals surface area contributed by atoms with Crippen molar-refractivity contribution in [1.29, 1.82) is 0 Å². The molecule has 0 amide bonds. The van der Waals surface area contributed by atoms with Gasteiger partial charge in [0.25, 0.3) is 0 Å². The minimum absolute atomic E-state index is 0.151. The van der Waals surface area contributed by atoms with E-state index < -0.39 is 0 Å². The fourth-order valence-electron chi connectivity index (χ4n) is 5.15. The van der Waals surface area contributed by atoms with Crippen LogP contribution in [0.3, 0.4) is 0 Å². The van der Waals surface area contributed by atoms with Crippen LogP contribution in [0.15, 0.2) is 47.2 Å². The number of hydrogen-bond acceptors (Lipinski definition) is 6. The number of thiophene rings is 4. The summed E-state index contributed by atoms with van der Waals surface area (Å²) in [5.41, 5.74) is 1.71. The first kappa shape index (κ1) is 24.1. The third kappa shape index (κ3) is 4.18. The maximum absolute atomic E-state index is 14.1. The molecule has 0 saturated carbocycles. The highest BCUT2D eigenvalue weighted by molar-refractivity contribution is 7.22. The first-order valence-corrected chi connectivity index (χ1v) is 16.1. The van der Waals surface area contributed by atoms with Crippen molar-refractivity contribution in [3.05, 3.63) is 72.2 Å². The van der Waals surface area contributed by atoms with E-state index >= 15 is 0 Å². The van der Waals surface area contributed by atoms with Crippen LogP contribution >= 0.6 is 45.3 Å². The van der Waals surface area contributed by atoms with Gasteiger partial charge in [-0.25, -0.2) is 0 Å². The normalized spacial score (nSPS) is 13.4. The van der Waals surface area contributed by atoms with Crippen LogP contribution in [0, 0.1) is 6.92 Å². The summed E-state index contributed by atoms with van der Waals surface area (Å²) in [6.45, 7) is 5.17. The van der Waals surface area contributed by atoms with Gasteiger partial charge in [0.05, 0.1) is 6.61 Å². The van der Waals surface area contributed by atoms with Gasteiger partial charge in [-0.3, -0.25) is 4.79 Å². The summed E-state index contributed by atoms with van der Waals surface area (Å²) in [4.78, 5) is 17.5. The van der Waals surface area contributed by atoms with E-state index in [0.717, 1.165) is 49.4 Å². The minimum Gasteiger partial charge on any atom is -0.484 e. The molecule has 1 aliphatic rings. The van der Waals surface area contributed by atoms with Crippen LogP contribution in [0.25, 0.3) is 31.3 Å². The predicted molar refractivity (Wildman–Crippen MR) is 159 cm³/mol. The Bertz CT molecular complexity index is 1660. The lowest BCUT2D eigenvalue weighted by atomic mass is 10.1. The molecule has 184 valence electrons. The Morgan fingerprint density at radius 2 is 1.39 bits per heavy atom. The molecule has 0 bridgehead atoms. The van der Waals surface area contributed by atoms with Crippen molar-refractivity contribution < 1.29 is 9.53 Å². The molecule has 1 aromatic carbocycles. The van der Waals surface area contributed by atoms with Crippen LogP contribution in [-0.2, 0) is 4.79 Å². The zero-order chi connectivity index (χ0) is 24.6. The summed E-state index contributed by atoms with van der Waals surface area (Å²) in [5.74, 6) is 0.151. The molecule has 0 N–H and O–H groups in total. The summed E-state index contributed by atoms with van der Waals surface area (Å²) >= 11 is 6.80. The van der Waals surface area contributed by atoms with Gasteiger partial charge in [0, 0.05) is 62.5 Å². The molecule has 1 aliphatic carbocycles. The summed E-state index contributed by atoms with van der Waals surface area (Å²) in [6, 6.07) is 12.7. The molecule has 0 saturated heterocycles. The Kier molecular flexibility index (Phi) is 6.86. The SMILES string of the molecule is CCCCCCCCOc1cc2c(s1)c1c(c3sc(C)cc32)=C(c2cccs2)C(=O)C=1c1cccs1. The average molecular weight is 549 g/mol. The van der Waals surface area contributed by atoms with Crippen molar-refractivity contribution in [1.82, 2.24) is 0 Å². The van der Waals surface area contributed by atoms with Crippen molar-refractivity contribution in [2.75, 3.05) is 6.61 Å². The molecule has 0 radical (unpaired) electrons. The van der Waals surface area contributed by atoms with Crippen LogP contribution in [0.5, 0.6) is 5.06 Å². The van der Waals surface area contributed by atoms with Gasteiger partial charge in [-0.2, -0.15) is 0 Å². The Labute approximate surface area is 227 Å². The van der Waals surface area contributed by atoms with Gasteiger partial charge in [0.2, 0.25) is 0 Å². The van der Waals surface area contributed by atoms with E-state index in [1.807, 2.05) is 12.1 Å². The molecule has 0 atom stereocenters. The summed E-state index contributed by atoms with van der Waals surface area (Å²) in [5, 5.41) is 9.77. The lowest BCUT2D eigenvalue weighted by Crippen LogP contribution is -2.25. The second-order valence-corrected chi connectivity index (χ2v) is 13.5. The number of benzene rings is 1. The topological polar surface area (TPSA) is 26.3 Å². The van der Waals surface area contributed by atoms with E-state index in [4.69, 9.17) is 4.74 Å². The summed E-state index contributed by atoms with van der Waals surface area (Å²) in [7, 11) is 0. The Morgan fingerprint density at radius 3 is 2.03 bits per heavy atom. The third-order valence-corrected chi connectivity index (χ3v) is 10.7. The van der Waals surface area contributed by atoms with E-state index in [1.165, 1.54) is 57.2 Å². The highest BCUT2D eigenvalue weighted by Gasteiger charge is 2.31. The Morgan fingerprint density at radius 1 is 0.778 bits per heavy atom. The first-order valence-electron chi connectivity index (χ1n) is 12.7. The standard InChI is InChI=1S/C30H28O2S4/c1-3-4-5-6-7-8-13-32-23-17-20-19-16-18(2)35-29(19)26-24(21-11-9-14-33-21)28(31)25(22-12-10-15-34-22)27(26)30(20)36-23/h9-12,14-17H,3-8,13H2,1-2H3. The second kappa shape index (κ2) is 10.3. The highest BCUT2D eigenvalue weighted by Crippen LogP contribution is 2.39. The molecule has 6 heteroatoms. The van der Waals surface area contributed by atoms with E-state index in [2.05, 4.69) is 48.9 Å². The average Bonchev–Trinajstić information content (AvgIpc) is 3.67. The van der Waals surface area contributed by atoms with Gasteiger partial charge in [-0.15, -0.1) is 34.0 Å². The summed E-state index contributed by atoms with van der Waals surface area (Å²) in [6.07, 6.45) is 7.51. The largest absolute Gasteiger partial charge is 0.484 e. The predicted octanol–water partition coefficient (Wildman–Crippen LogP) is 8.27. The zero-order valence-electron chi connectivity index (χ0n) is 20.5. The van der Waals surface area contributed by atoms with Crippen molar-refractivity contribution in [2.45, 2.75) is 52.4 Å². The monoisotopic (exact) mass is 548 g/mol. The molecule has 4 heterocycles. The molecule has 0 spiro atoms. The van der Waals surface area contributed by atoms with Gasteiger partial charge in [-0.05, 0) is 42.3 Å². The number of unbranched alkanes of at least 4 members (excludes halogenated alkanes) is 5. The van der Waals surface area contributed by atoms with E-state index in [-0.39, 0.29) is 5.78 Å². The van der Waals surface area contributed by atoms with Gasteiger partial charge in [0.1, 0.15) is 0 Å². The number of carbonyl (C=O) groups is 1. The zero-order valence-corrected chi connectivity index (χ0v) is 23.8. The molecule has 6 rings (SSSR count). The number of ketones is 1. The number of Topliss-reactive ketones (excluding diaryl/α,β-unsaturated/α-hetero) is 1. The smallest absolute Gasteiger partial charge is 0.197 e. The first-order chi connectivity index (χ1) is 17.7. The Balaban J connectivity index is 1.53. The molecular formula is C30H28O2S4. The van der Waals surface area contributed by atoms with Crippen molar-refractivity contribution in [3.8, 4) is 5.06 Å². The number of ether oxygens (including phenoxy) is 1. The molecular weight excluding hydrogens is 521 g/mol. The van der Waals surface area contributed by atoms with Gasteiger partial charge in [-0.1, -0.05) is 62.5 Å². The maximum atomic E-state index is 14.1. The molecule has 0 fully saturated rings. The van der Waals surface area contributed by atoms with E-state index in [0.29, 0.717) is 0 Å². The fraction of sp³-hybridized carbons (Fsp3) is 0.300. The minimum atomic E-state index is 0.151. The lowest BCUT2D eigenvalue weighted by molar-refractivity contribution is -0.108. The molecule has 2 nitrogen and oxygen atoms in total. The third-order valence-electron chi connectivity index (χ3n) is 6.79. The van der Waals surface area contributed by atoms with E-state index in [1.54, 1.807) is 45.3 Å². The number of rotatable bonds is 10. The maximum Gasteiger partial charge on any atom is 0.197 e. The molecule has 0 unspecified atom stereocenters. The highest BCUT2D eigenvalue weighted by atomic mass is 32.1. The number of hydrogen-bond donors (Lipinski definition) is 0. The van der Waals surface area contributed by atoms with Crippen molar-refractivity contribution in [2.24, 2.45) is 0 Å². The second-order valence-electron chi connectivity index (χ2n) is 9.31. The van der Waals surface area contributed by atoms with Crippen LogP contribution < -0.4 is 15.2 Å². The summed E-state index contributed by atoms with van der Waals surface area (Å²) < 4.78 is 8.69. The van der Waals surface area contributed by atoms with Crippen molar-refractivity contribution >= 4 is 82.4 Å². The van der Waals surface area contributed by atoms with Crippen LogP contribution in [0.1, 0.15) is 60.1 Å². The molecule has 36 heavy (non-hydrogen) atoms. The number of fused-ring (bicyclic) bond motifs is 6. The van der Waals surface area contributed by atoms with Crippen LogP contribution in [-0.4, -0.2) is 12.4 Å². The van der Waals surface area contributed by atoms with Crippen LogP contribution in [0.2, 0.25) is 0 Å². The number of carbonyl (C=O) groups excluding carboxylic acids is 1. The van der Waals surface area contributed by atoms with Gasteiger partial charge >= 0.3 is 0 Å². The van der Waals surface area contributed by atoms with E-state index in [9.17, 15) is 4.79 Å². The molecule has 4 aromatic heterocycles. The quantitative estimate of drug-likeness (QED) is 0.164. The van der Waals surface area contributed by atoms with Gasteiger partial charge in [0.15, 0.2) is 10.8 Å². The van der Waals surface area contributed by atoms with Crippen LogP contribution in [0.4, 0.5) is 0 Å². The lowest BCUT2D eigenvalue weighted by Gasteiger charge is -2.03. The molecule has 0 aliphatic heterocycles. The molecule has 5 aromatic rings. The van der Waals surface area contributed by atoms with Gasteiger partial charge < -0.3 is 4.74 Å². The fourth-order valence-corrected chi connectivity index (χ4v) is 8.88. The Hall–Kier alpha value is -2.25. The number of aryl methyl sites for hydroxylation is 1.